The molecule has 0 saturated heterocycles. The molecule has 0 bridgehead atoms. The van der Waals surface area contributed by atoms with Crippen molar-refractivity contribution in [1.29, 1.82) is 0 Å². The molecule has 0 aromatic heterocycles. The maximum atomic E-state index is 12.0. The van der Waals surface area contributed by atoms with Gasteiger partial charge in [-0.1, -0.05) is 89.1 Å². The van der Waals surface area contributed by atoms with Gasteiger partial charge in [-0.25, -0.2) is 0 Å². The smallest absolute Gasteiger partial charge is 0.310 e. The van der Waals surface area contributed by atoms with Crippen molar-refractivity contribution in [3.63, 3.8) is 0 Å². The van der Waals surface area contributed by atoms with Crippen molar-refractivity contribution in [3.05, 3.63) is 35.9 Å². The molecule has 0 fully saturated rings. The maximum absolute atomic E-state index is 12.0. The Balaban J connectivity index is 2.54. The number of unbranched alkanes of at least 4 members (excludes halogenated alkanes) is 5. The van der Waals surface area contributed by atoms with Gasteiger partial charge in [-0.15, -0.1) is 0 Å². The number of benzene rings is 1. The molecule has 1 aromatic rings. The molecular formula is C22H34O4. The topological polar surface area (TPSA) is 74.6 Å². The Hall–Kier alpha value is -1.84. The molecule has 0 radical (unpaired) electrons. The molecule has 0 aliphatic rings. The molecule has 1 atom stereocenters. The van der Waals surface area contributed by atoms with Crippen LogP contribution in [0.25, 0.3) is 0 Å². The molecule has 1 rings (SSSR count). The number of hydrogen-bond acceptors (Lipinski definition) is 2. The van der Waals surface area contributed by atoms with Crippen molar-refractivity contribution < 1.29 is 19.8 Å². The van der Waals surface area contributed by atoms with Crippen LogP contribution in [0.2, 0.25) is 0 Å². The second-order valence-corrected chi connectivity index (χ2v) is 7.87. The molecule has 0 aliphatic heterocycles. The van der Waals surface area contributed by atoms with E-state index in [9.17, 15) is 19.8 Å². The van der Waals surface area contributed by atoms with Crippen LogP contribution in [-0.4, -0.2) is 22.2 Å². The highest BCUT2D eigenvalue weighted by atomic mass is 16.4. The van der Waals surface area contributed by atoms with Crippen molar-refractivity contribution in [2.75, 3.05) is 0 Å². The Morgan fingerprint density at radius 2 is 1.50 bits per heavy atom. The van der Waals surface area contributed by atoms with Gasteiger partial charge in [-0.05, 0) is 24.3 Å². The predicted octanol–water partition coefficient (Wildman–Crippen LogP) is 5.55. The number of carbonyl (C=O) groups is 2. The molecular weight excluding hydrogens is 328 g/mol. The Bertz CT molecular complexity index is 538. The van der Waals surface area contributed by atoms with E-state index in [1.54, 1.807) is 0 Å². The van der Waals surface area contributed by atoms with E-state index < -0.39 is 17.4 Å². The fourth-order valence-corrected chi connectivity index (χ4v) is 3.50. The standard InChI is InChI=1S/C22H34O4/c1-18(2)12-8-5-3-4-6-11-15-22(21(25)26,17-20(23)24)16-19-13-9-7-10-14-19/h7,9-10,13-14,18H,3-6,8,11-12,15-17H2,1-2H3,(H,23,24)(H,25,26). The average Bonchev–Trinajstić information content (AvgIpc) is 2.57. The minimum atomic E-state index is -1.22. The second kappa shape index (κ2) is 11.7. The lowest BCUT2D eigenvalue weighted by Crippen LogP contribution is -2.36. The van der Waals surface area contributed by atoms with Gasteiger partial charge in [0, 0.05) is 0 Å². The average molecular weight is 363 g/mol. The third-order valence-corrected chi connectivity index (χ3v) is 5.02. The van der Waals surface area contributed by atoms with Gasteiger partial charge in [0.2, 0.25) is 0 Å². The third kappa shape index (κ3) is 8.50. The number of rotatable bonds is 14. The quantitative estimate of drug-likeness (QED) is 0.425. The predicted molar refractivity (Wildman–Crippen MR) is 104 cm³/mol. The lowest BCUT2D eigenvalue weighted by atomic mass is 9.74. The molecule has 0 spiro atoms. The maximum Gasteiger partial charge on any atom is 0.310 e. The molecule has 0 amide bonds. The van der Waals surface area contributed by atoms with Crippen molar-refractivity contribution in [2.45, 2.75) is 78.1 Å². The van der Waals surface area contributed by atoms with Crippen LogP contribution in [0.1, 0.15) is 77.2 Å². The van der Waals surface area contributed by atoms with E-state index in [-0.39, 0.29) is 12.8 Å². The van der Waals surface area contributed by atoms with Crippen LogP contribution in [-0.2, 0) is 16.0 Å². The summed E-state index contributed by atoms with van der Waals surface area (Å²) in [7, 11) is 0. The van der Waals surface area contributed by atoms with E-state index in [4.69, 9.17) is 0 Å². The molecule has 2 N–H and O–H groups in total. The summed E-state index contributed by atoms with van der Waals surface area (Å²) in [5, 5.41) is 19.1. The minimum absolute atomic E-state index is 0.268. The van der Waals surface area contributed by atoms with Crippen molar-refractivity contribution >= 4 is 11.9 Å². The Morgan fingerprint density at radius 3 is 2.04 bits per heavy atom. The summed E-state index contributed by atoms with van der Waals surface area (Å²) in [6.45, 7) is 4.47. The van der Waals surface area contributed by atoms with Crippen LogP contribution in [0.15, 0.2) is 30.3 Å². The van der Waals surface area contributed by atoms with Crippen LogP contribution >= 0.6 is 0 Å². The van der Waals surface area contributed by atoms with Gasteiger partial charge >= 0.3 is 11.9 Å². The summed E-state index contributed by atoms with van der Waals surface area (Å²) in [4.78, 5) is 23.3. The largest absolute Gasteiger partial charge is 0.481 e. The third-order valence-electron chi connectivity index (χ3n) is 5.02. The minimum Gasteiger partial charge on any atom is -0.481 e. The molecule has 0 aliphatic carbocycles. The normalized spacial score (nSPS) is 13.5. The molecule has 4 nitrogen and oxygen atoms in total. The summed E-state index contributed by atoms with van der Waals surface area (Å²) in [6, 6.07) is 9.34. The van der Waals surface area contributed by atoms with E-state index in [1.165, 1.54) is 25.7 Å². The Morgan fingerprint density at radius 1 is 0.923 bits per heavy atom. The van der Waals surface area contributed by atoms with Crippen LogP contribution in [0.3, 0.4) is 0 Å². The SMILES string of the molecule is CC(C)CCCCCCCCC(CC(=O)O)(Cc1ccccc1)C(=O)O. The van der Waals surface area contributed by atoms with Crippen LogP contribution in [0.5, 0.6) is 0 Å². The lowest BCUT2D eigenvalue weighted by molar-refractivity contribution is -0.156. The van der Waals surface area contributed by atoms with Gasteiger partial charge in [-0.3, -0.25) is 9.59 Å². The van der Waals surface area contributed by atoms with Gasteiger partial charge in [0.05, 0.1) is 11.8 Å². The van der Waals surface area contributed by atoms with Crippen LogP contribution in [0.4, 0.5) is 0 Å². The van der Waals surface area contributed by atoms with Crippen LogP contribution in [0, 0.1) is 11.3 Å². The molecule has 146 valence electrons. The van der Waals surface area contributed by atoms with Crippen LogP contribution < -0.4 is 0 Å². The van der Waals surface area contributed by atoms with E-state index in [2.05, 4.69) is 13.8 Å². The lowest BCUT2D eigenvalue weighted by Gasteiger charge is -2.28. The van der Waals surface area contributed by atoms with Gasteiger partial charge in [0.1, 0.15) is 0 Å². The number of aliphatic carboxylic acids is 2. The van der Waals surface area contributed by atoms with Gasteiger partial charge in [0.15, 0.2) is 0 Å². The highest BCUT2D eigenvalue weighted by Crippen LogP contribution is 2.34. The highest BCUT2D eigenvalue weighted by molar-refractivity contribution is 5.81. The summed E-state index contributed by atoms with van der Waals surface area (Å²) >= 11 is 0. The first-order valence-electron chi connectivity index (χ1n) is 9.85. The first kappa shape index (κ1) is 22.2. The molecule has 4 heteroatoms. The molecule has 1 unspecified atom stereocenters. The van der Waals surface area contributed by atoms with Crippen molar-refractivity contribution in [2.24, 2.45) is 11.3 Å². The van der Waals surface area contributed by atoms with E-state index in [0.29, 0.717) is 6.42 Å². The number of carboxylic acid groups (broad SMARTS) is 2. The van der Waals surface area contributed by atoms with E-state index >= 15 is 0 Å². The highest BCUT2D eigenvalue weighted by Gasteiger charge is 2.40. The zero-order chi connectivity index (χ0) is 19.4. The fourth-order valence-electron chi connectivity index (χ4n) is 3.50. The Labute approximate surface area is 157 Å². The zero-order valence-corrected chi connectivity index (χ0v) is 16.2. The number of hydrogen-bond donors (Lipinski definition) is 2. The first-order valence-corrected chi connectivity index (χ1v) is 9.85. The molecule has 26 heavy (non-hydrogen) atoms. The summed E-state index contributed by atoms with van der Waals surface area (Å²) in [5.41, 5.74) is -0.338. The molecule has 0 heterocycles. The van der Waals surface area contributed by atoms with Crippen molar-refractivity contribution in [1.82, 2.24) is 0 Å². The zero-order valence-electron chi connectivity index (χ0n) is 16.2. The van der Waals surface area contributed by atoms with E-state index in [1.807, 2.05) is 30.3 Å². The summed E-state index contributed by atoms with van der Waals surface area (Å²) in [5.74, 6) is -1.29. The fraction of sp³-hybridized carbons (Fsp3) is 0.636. The van der Waals surface area contributed by atoms with Crippen molar-refractivity contribution in [3.8, 4) is 0 Å². The van der Waals surface area contributed by atoms with Gasteiger partial charge in [0.25, 0.3) is 0 Å². The Kier molecular flexibility index (Phi) is 10.0. The first-order chi connectivity index (χ1) is 12.4. The van der Waals surface area contributed by atoms with E-state index in [0.717, 1.165) is 30.7 Å². The molecule has 0 saturated carbocycles. The summed E-state index contributed by atoms with van der Waals surface area (Å²) < 4.78 is 0. The second-order valence-electron chi connectivity index (χ2n) is 7.87. The number of carboxylic acids is 2. The van der Waals surface area contributed by atoms with Gasteiger partial charge in [-0.2, -0.15) is 0 Å². The summed E-state index contributed by atoms with van der Waals surface area (Å²) in [6.07, 6.45) is 8.08. The molecule has 1 aromatic carbocycles. The monoisotopic (exact) mass is 362 g/mol. The van der Waals surface area contributed by atoms with Gasteiger partial charge < -0.3 is 10.2 Å².